The second-order valence-corrected chi connectivity index (χ2v) is 5.17. The maximum Gasteiger partial charge on any atom is 0.254 e. The Balaban J connectivity index is 2.01. The summed E-state index contributed by atoms with van der Waals surface area (Å²) in [5.74, 6) is 0.838. The Morgan fingerprint density at radius 3 is 2.68 bits per heavy atom. The summed E-state index contributed by atoms with van der Waals surface area (Å²) >= 11 is 0. The van der Waals surface area contributed by atoms with Crippen molar-refractivity contribution in [2.75, 3.05) is 39.5 Å². The highest BCUT2D eigenvalue weighted by molar-refractivity contribution is 5.94. The van der Waals surface area contributed by atoms with Gasteiger partial charge in [-0.05, 0) is 39.1 Å². The molecule has 1 saturated heterocycles. The van der Waals surface area contributed by atoms with Gasteiger partial charge >= 0.3 is 0 Å². The maximum atomic E-state index is 12.4. The molecule has 1 amide bonds. The number of piperidine rings is 1. The minimum absolute atomic E-state index is 0.108. The van der Waals surface area contributed by atoms with Gasteiger partial charge in [-0.2, -0.15) is 0 Å². The number of carbonyl (C=O) groups is 1. The van der Waals surface area contributed by atoms with E-state index in [9.17, 15) is 4.79 Å². The summed E-state index contributed by atoms with van der Waals surface area (Å²) in [7, 11) is 6.01. The van der Waals surface area contributed by atoms with E-state index in [1.807, 2.05) is 4.90 Å². The first-order chi connectivity index (χ1) is 9.11. The summed E-state index contributed by atoms with van der Waals surface area (Å²) in [6.07, 6.45) is 3.76. The molecular formula is C14H22N4O. The summed E-state index contributed by atoms with van der Waals surface area (Å²) in [6.45, 7) is 1.66. The number of aromatic nitrogens is 1. The smallest absolute Gasteiger partial charge is 0.254 e. The number of rotatable bonds is 3. The molecule has 0 aromatic carbocycles. The number of hydrogen-bond acceptors (Lipinski definition) is 4. The molecule has 1 aliphatic rings. The third-order valence-corrected chi connectivity index (χ3v) is 3.75. The number of amides is 1. The second kappa shape index (κ2) is 6.02. The van der Waals surface area contributed by atoms with E-state index in [4.69, 9.17) is 0 Å². The molecule has 2 rings (SSSR count). The predicted molar refractivity (Wildman–Crippen MR) is 76.4 cm³/mol. The predicted octanol–water partition coefficient (Wildman–Crippen LogP) is 1.29. The highest BCUT2D eigenvalue weighted by atomic mass is 16.2. The third kappa shape index (κ3) is 3.23. The van der Waals surface area contributed by atoms with Crippen molar-refractivity contribution >= 4 is 11.7 Å². The van der Waals surface area contributed by atoms with Gasteiger partial charge in [0.25, 0.3) is 5.91 Å². The Morgan fingerprint density at radius 2 is 2.11 bits per heavy atom. The van der Waals surface area contributed by atoms with Crippen LogP contribution < -0.4 is 5.32 Å². The van der Waals surface area contributed by atoms with Crippen LogP contribution >= 0.6 is 0 Å². The SMILES string of the molecule is CNc1cc(C(=O)N2CCC(N(C)C)CC2)ccn1. The van der Waals surface area contributed by atoms with Crippen molar-refractivity contribution in [1.29, 1.82) is 0 Å². The fourth-order valence-corrected chi connectivity index (χ4v) is 2.47. The van der Waals surface area contributed by atoms with Crippen LogP contribution in [0.2, 0.25) is 0 Å². The van der Waals surface area contributed by atoms with E-state index in [1.54, 1.807) is 25.4 Å². The normalized spacial score (nSPS) is 16.7. The highest BCUT2D eigenvalue weighted by Crippen LogP contribution is 2.17. The highest BCUT2D eigenvalue weighted by Gasteiger charge is 2.24. The van der Waals surface area contributed by atoms with Crippen molar-refractivity contribution in [2.45, 2.75) is 18.9 Å². The Kier molecular flexibility index (Phi) is 4.37. The molecule has 0 bridgehead atoms. The van der Waals surface area contributed by atoms with E-state index < -0.39 is 0 Å². The first-order valence-corrected chi connectivity index (χ1v) is 6.71. The zero-order chi connectivity index (χ0) is 13.8. The lowest BCUT2D eigenvalue weighted by atomic mass is 10.0. The first kappa shape index (κ1) is 13.8. The Bertz CT molecular complexity index is 439. The van der Waals surface area contributed by atoms with Crippen LogP contribution in [0.25, 0.3) is 0 Å². The van der Waals surface area contributed by atoms with Gasteiger partial charge in [0.15, 0.2) is 0 Å². The van der Waals surface area contributed by atoms with Crippen molar-refractivity contribution in [1.82, 2.24) is 14.8 Å². The quantitative estimate of drug-likeness (QED) is 0.891. The van der Waals surface area contributed by atoms with E-state index in [0.29, 0.717) is 11.6 Å². The van der Waals surface area contributed by atoms with E-state index in [2.05, 4.69) is 29.3 Å². The van der Waals surface area contributed by atoms with Gasteiger partial charge < -0.3 is 15.1 Å². The topological polar surface area (TPSA) is 48.5 Å². The molecule has 104 valence electrons. The lowest BCUT2D eigenvalue weighted by Crippen LogP contribution is -2.44. The Morgan fingerprint density at radius 1 is 1.42 bits per heavy atom. The van der Waals surface area contributed by atoms with Crippen LogP contribution in [-0.2, 0) is 0 Å². The Labute approximate surface area is 114 Å². The largest absolute Gasteiger partial charge is 0.373 e. The first-order valence-electron chi connectivity index (χ1n) is 6.71. The van der Waals surface area contributed by atoms with Crippen LogP contribution in [0.4, 0.5) is 5.82 Å². The monoisotopic (exact) mass is 262 g/mol. The fourth-order valence-electron chi connectivity index (χ4n) is 2.47. The molecule has 19 heavy (non-hydrogen) atoms. The number of carbonyl (C=O) groups excluding carboxylic acids is 1. The molecule has 0 radical (unpaired) electrons. The molecular weight excluding hydrogens is 240 g/mol. The molecule has 1 aliphatic heterocycles. The van der Waals surface area contributed by atoms with Crippen molar-refractivity contribution < 1.29 is 4.79 Å². The van der Waals surface area contributed by atoms with Crippen LogP contribution in [0.3, 0.4) is 0 Å². The maximum absolute atomic E-state index is 12.4. The van der Waals surface area contributed by atoms with E-state index >= 15 is 0 Å². The van der Waals surface area contributed by atoms with E-state index in [1.165, 1.54) is 0 Å². The van der Waals surface area contributed by atoms with Gasteiger partial charge in [0, 0.05) is 37.9 Å². The molecule has 0 aliphatic carbocycles. The number of pyridine rings is 1. The average molecular weight is 262 g/mol. The van der Waals surface area contributed by atoms with Gasteiger partial charge in [-0.3, -0.25) is 4.79 Å². The van der Waals surface area contributed by atoms with Crippen LogP contribution in [-0.4, -0.2) is 61.0 Å². The molecule has 1 N–H and O–H groups in total. The van der Waals surface area contributed by atoms with Crippen molar-refractivity contribution in [3.8, 4) is 0 Å². The number of hydrogen-bond donors (Lipinski definition) is 1. The van der Waals surface area contributed by atoms with Gasteiger partial charge in [-0.15, -0.1) is 0 Å². The third-order valence-electron chi connectivity index (χ3n) is 3.75. The molecule has 1 aromatic heterocycles. The minimum atomic E-state index is 0.108. The van der Waals surface area contributed by atoms with Crippen LogP contribution in [0.1, 0.15) is 23.2 Å². The van der Waals surface area contributed by atoms with Crippen LogP contribution in [0.5, 0.6) is 0 Å². The molecule has 1 fully saturated rings. The number of nitrogens with zero attached hydrogens (tertiary/aromatic N) is 3. The zero-order valence-electron chi connectivity index (χ0n) is 11.9. The lowest BCUT2D eigenvalue weighted by Gasteiger charge is -2.35. The average Bonchev–Trinajstić information content (AvgIpc) is 2.46. The number of anilines is 1. The summed E-state index contributed by atoms with van der Waals surface area (Å²) in [5, 5.41) is 2.96. The standard InChI is InChI=1S/C14H22N4O/c1-15-13-10-11(4-7-16-13)14(19)18-8-5-12(6-9-18)17(2)3/h4,7,10,12H,5-6,8-9H2,1-3H3,(H,15,16). The van der Waals surface area contributed by atoms with Gasteiger partial charge in [-0.25, -0.2) is 4.98 Å². The van der Waals surface area contributed by atoms with Gasteiger partial charge in [-0.1, -0.05) is 0 Å². The second-order valence-electron chi connectivity index (χ2n) is 5.17. The summed E-state index contributed by atoms with van der Waals surface area (Å²) in [5.41, 5.74) is 0.711. The van der Waals surface area contributed by atoms with Crippen molar-refractivity contribution in [3.63, 3.8) is 0 Å². The van der Waals surface area contributed by atoms with Crippen molar-refractivity contribution in [3.05, 3.63) is 23.9 Å². The molecule has 2 heterocycles. The van der Waals surface area contributed by atoms with Gasteiger partial charge in [0.05, 0.1) is 0 Å². The van der Waals surface area contributed by atoms with Gasteiger partial charge in [0.2, 0.25) is 0 Å². The summed E-state index contributed by atoms with van der Waals surface area (Å²) in [4.78, 5) is 20.7. The molecule has 5 heteroatoms. The number of likely N-dealkylation sites (tertiary alicyclic amines) is 1. The minimum Gasteiger partial charge on any atom is -0.373 e. The number of nitrogens with one attached hydrogen (secondary N) is 1. The molecule has 5 nitrogen and oxygen atoms in total. The zero-order valence-corrected chi connectivity index (χ0v) is 11.9. The molecule has 0 spiro atoms. The molecule has 1 aromatic rings. The summed E-state index contributed by atoms with van der Waals surface area (Å²) in [6, 6.07) is 4.18. The molecule has 0 unspecified atom stereocenters. The van der Waals surface area contributed by atoms with E-state index in [-0.39, 0.29) is 5.91 Å². The van der Waals surface area contributed by atoms with Crippen LogP contribution in [0, 0.1) is 0 Å². The Hall–Kier alpha value is -1.62. The fraction of sp³-hybridized carbons (Fsp3) is 0.571. The lowest BCUT2D eigenvalue weighted by molar-refractivity contribution is 0.0663. The molecule has 0 atom stereocenters. The summed E-state index contributed by atoms with van der Waals surface area (Å²) < 4.78 is 0. The van der Waals surface area contributed by atoms with E-state index in [0.717, 1.165) is 31.7 Å². The van der Waals surface area contributed by atoms with Crippen LogP contribution in [0.15, 0.2) is 18.3 Å². The molecule has 0 saturated carbocycles. The van der Waals surface area contributed by atoms with Crippen molar-refractivity contribution in [2.24, 2.45) is 0 Å². The van der Waals surface area contributed by atoms with Gasteiger partial charge in [0.1, 0.15) is 5.82 Å².